The Morgan fingerprint density at radius 2 is 2.28 bits per heavy atom. The van der Waals surface area contributed by atoms with Crippen molar-refractivity contribution in [2.24, 2.45) is 0 Å². The molecule has 3 nitrogen and oxygen atoms in total. The minimum Gasteiger partial charge on any atom is -0.392 e. The normalized spacial score (nSPS) is 16.2. The van der Waals surface area contributed by atoms with Crippen LogP contribution in [0.5, 0.6) is 0 Å². The van der Waals surface area contributed by atoms with Crippen molar-refractivity contribution in [2.45, 2.75) is 31.8 Å². The molecular formula is C14H17NO2S. The van der Waals surface area contributed by atoms with Gasteiger partial charge in [0.25, 0.3) is 0 Å². The van der Waals surface area contributed by atoms with E-state index in [0.29, 0.717) is 0 Å². The van der Waals surface area contributed by atoms with Crippen LogP contribution >= 0.6 is 11.8 Å². The molecule has 0 saturated carbocycles. The SMILES string of the molecule is CCCN1/C(=C/C(C)=O)Sc2ccc(CO)cc21. The van der Waals surface area contributed by atoms with Crippen LogP contribution in [0, 0.1) is 0 Å². The van der Waals surface area contributed by atoms with Crippen molar-refractivity contribution in [3.05, 3.63) is 34.9 Å². The van der Waals surface area contributed by atoms with Gasteiger partial charge in [0, 0.05) is 17.5 Å². The molecule has 18 heavy (non-hydrogen) atoms. The average Bonchev–Trinajstić information content (AvgIpc) is 2.66. The van der Waals surface area contributed by atoms with Gasteiger partial charge in [0.2, 0.25) is 0 Å². The molecule has 1 aromatic rings. The summed E-state index contributed by atoms with van der Waals surface area (Å²) in [5.74, 6) is 0.0637. The molecule has 1 aliphatic rings. The second kappa shape index (κ2) is 5.59. The third-order valence-electron chi connectivity index (χ3n) is 2.75. The van der Waals surface area contributed by atoms with Gasteiger partial charge in [-0.2, -0.15) is 0 Å². The first-order valence-corrected chi connectivity index (χ1v) is 6.88. The zero-order valence-corrected chi connectivity index (χ0v) is 11.5. The fraction of sp³-hybridized carbons (Fsp3) is 0.357. The van der Waals surface area contributed by atoms with Crippen LogP contribution < -0.4 is 4.90 Å². The van der Waals surface area contributed by atoms with Crippen molar-refractivity contribution in [1.82, 2.24) is 0 Å². The van der Waals surface area contributed by atoms with Crippen molar-refractivity contribution in [1.29, 1.82) is 0 Å². The minimum atomic E-state index is 0.0453. The Hall–Kier alpha value is -1.26. The van der Waals surface area contributed by atoms with E-state index in [1.165, 1.54) is 0 Å². The summed E-state index contributed by atoms with van der Waals surface area (Å²) in [5.41, 5.74) is 2.00. The quantitative estimate of drug-likeness (QED) is 0.848. The second-order valence-corrected chi connectivity index (χ2v) is 5.37. The van der Waals surface area contributed by atoms with Gasteiger partial charge in [-0.25, -0.2) is 0 Å². The lowest BCUT2D eigenvalue weighted by Crippen LogP contribution is -2.19. The molecule has 0 radical (unpaired) electrons. The number of anilines is 1. The standard InChI is InChI=1S/C14H17NO2S/c1-3-6-15-12-8-11(9-16)4-5-13(12)18-14(15)7-10(2)17/h4-5,7-8,16H,3,6,9H2,1-2H3/b14-7-. The third-order valence-corrected chi connectivity index (χ3v) is 3.86. The van der Waals surface area contributed by atoms with Crippen LogP contribution in [0.25, 0.3) is 0 Å². The van der Waals surface area contributed by atoms with Crippen molar-refractivity contribution >= 4 is 23.2 Å². The van der Waals surface area contributed by atoms with Crippen molar-refractivity contribution in [2.75, 3.05) is 11.4 Å². The molecule has 0 atom stereocenters. The van der Waals surface area contributed by atoms with E-state index in [-0.39, 0.29) is 12.4 Å². The molecule has 1 aromatic carbocycles. The maximum atomic E-state index is 11.3. The molecule has 0 amide bonds. The van der Waals surface area contributed by atoms with Crippen molar-refractivity contribution in [3.8, 4) is 0 Å². The van der Waals surface area contributed by atoms with Crippen molar-refractivity contribution < 1.29 is 9.90 Å². The summed E-state index contributed by atoms with van der Waals surface area (Å²) in [6, 6.07) is 5.93. The maximum absolute atomic E-state index is 11.3. The molecule has 2 rings (SSSR count). The topological polar surface area (TPSA) is 40.5 Å². The number of benzene rings is 1. The zero-order chi connectivity index (χ0) is 13.1. The largest absolute Gasteiger partial charge is 0.392 e. The lowest BCUT2D eigenvalue weighted by molar-refractivity contribution is -0.112. The highest BCUT2D eigenvalue weighted by molar-refractivity contribution is 8.03. The summed E-state index contributed by atoms with van der Waals surface area (Å²) < 4.78 is 0. The number of hydrogen-bond donors (Lipinski definition) is 1. The summed E-state index contributed by atoms with van der Waals surface area (Å²) in [6.45, 7) is 4.61. The van der Waals surface area contributed by atoms with Gasteiger partial charge in [0.1, 0.15) is 0 Å². The van der Waals surface area contributed by atoms with Gasteiger partial charge in [-0.1, -0.05) is 24.8 Å². The van der Waals surface area contributed by atoms with E-state index in [1.54, 1.807) is 24.8 Å². The number of allylic oxidation sites excluding steroid dienone is 1. The average molecular weight is 263 g/mol. The van der Waals surface area contributed by atoms with Crippen LogP contribution in [0.1, 0.15) is 25.8 Å². The molecule has 0 aliphatic carbocycles. The van der Waals surface area contributed by atoms with E-state index in [2.05, 4.69) is 11.8 Å². The van der Waals surface area contributed by atoms with E-state index in [4.69, 9.17) is 0 Å². The molecular weight excluding hydrogens is 246 g/mol. The van der Waals surface area contributed by atoms with Crippen LogP contribution in [0.3, 0.4) is 0 Å². The summed E-state index contributed by atoms with van der Waals surface area (Å²) >= 11 is 1.62. The van der Waals surface area contributed by atoms with Crippen LogP contribution in [-0.4, -0.2) is 17.4 Å². The molecule has 4 heteroatoms. The van der Waals surface area contributed by atoms with Gasteiger partial charge in [0.05, 0.1) is 17.3 Å². The number of fused-ring (bicyclic) bond motifs is 1. The molecule has 1 aliphatic heterocycles. The summed E-state index contributed by atoms with van der Waals surface area (Å²) in [7, 11) is 0. The number of rotatable bonds is 4. The predicted molar refractivity (Wildman–Crippen MR) is 74.6 cm³/mol. The molecule has 0 fully saturated rings. The van der Waals surface area contributed by atoms with Gasteiger partial charge < -0.3 is 10.0 Å². The van der Waals surface area contributed by atoms with E-state index in [1.807, 2.05) is 18.2 Å². The Labute approximate surface area is 111 Å². The Kier molecular flexibility index (Phi) is 4.09. The Balaban J connectivity index is 2.40. The summed E-state index contributed by atoms with van der Waals surface area (Å²) in [5, 5.41) is 10.2. The molecule has 0 unspecified atom stereocenters. The van der Waals surface area contributed by atoms with E-state index in [0.717, 1.165) is 34.1 Å². The van der Waals surface area contributed by atoms with E-state index < -0.39 is 0 Å². The first kappa shape index (κ1) is 13.2. The molecule has 96 valence electrons. The van der Waals surface area contributed by atoms with Crippen LogP contribution in [0.4, 0.5) is 5.69 Å². The number of carbonyl (C=O) groups is 1. The van der Waals surface area contributed by atoms with Crippen LogP contribution in [0.15, 0.2) is 34.2 Å². The monoisotopic (exact) mass is 263 g/mol. The van der Waals surface area contributed by atoms with Crippen LogP contribution in [-0.2, 0) is 11.4 Å². The first-order valence-electron chi connectivity index (χ1n) is 6.07. The number of carbonyl (C=O) groups excluding carboxylic acids is 1. The number of aliphatic hydroxyl groups excluding tert-OH is 1. The highest BCUT2D eigenvalue weighted by atomic mass is 32.2. The molecule has 1 N–H and O–H groups in total. The Morgan fingerprint density at radius 3 is 2.89 bits per heavy atom. The second-order valence-electron chi connectivity index (χ2n) is 4.31. The minimum absolute atomic E-state index is 0.0453. The smallest absolute Gasteiger partial charge is 0.155 e. The highest BCUT2D eigenvalue weighted by Gasteiger charge is 2.24. The van der Waals surface area contributed by atoms with Gasteiger partial charge in [0.15, 0.2) is 5.78 Å². The molecule has 0 saturated heterocycles. The fourth-order valence-electron chi connectivity index (χ4n) is 1.98. The lowest BCUT2D eigenvalue weighted by atomic mass is 10.2. The van der Waals surface area contributed by atoms with Crippen LogP contribution in [0.2, 0.25) is 0 Å². The third kappa shape index (κ3) is 2.60. The van der Waals surface area contributed by atoms with Gasteiger partial charge >= 0.3 is 0 Å². The number of nitrogens with zero attached hydrogens (tertiary/aromatic N) is 1. The van der Waals surface area contributed by atoms with E-state index >= 15 is 0 Å². The van der Waals surface area contributed by atoms with Gasteiger partial charge in [-0.05, 0) is 31.0 Å². The zero-order valence-electron chi connectivity index (χ0n) is 10.6. The predicted octanol–water partition coefficient (Wildman–Crippen LogP) is 2.93. The van der Waals surface area contributed by atoms with E-state index in [9.17, 15) is 9.90 Å². The number of thioether (sulfide) groups is 1. The highest BCUT2D eigenvalue weighted by Crippen LogP contribution is 2.46. The van der Waals surface area contributed by atoms with Crippen molar-refractivity contribution in [3.63, 3.8) is 0 Å². The number of aliphatic hydroxyl groups is 1. The van der Waals surface area contributed by atoms with Gasteiger partial charge in [-0.3, -0.25) is 4.79 Å². The number of hydrogen-bond acceptors (Lipinski definition) is 4. The Morgan fingerprint density at radius 1 is 1.50 bits per heavy atom. The molecule has 1 heterocycles. The molecule has 0 bridgehead atoms. The summed E-state index contributed by atoms with van der Waals surface area (Å²) in [6.07, 6.45) is 2.69. The molecule has 0 spiro atoms. The first-order chi connectivity index (χ1) is 8.65. The van der Waals surface area contributed by atoms with Gasteiger partial charge in [-0.15, -0.1) is 0 Å². The molecule has 0 aromatic heterocycles. The summed E-state index contributed by atoms with van der Waals surface area (Å²) in [4.78, 5) is 14.6. The lowest BCUT2D eigenvalue weighted by Gasteiger charge is -2.19. The fourth-order valence-corrected chi connectivity index (χ4v) is 3.14. The number of ketones is 1. The Bertz CT molecular complexity index is 497. The maximum Gasteiger partial charge on any atom is 0.155 e.